The molecule has 2 saturated heterocycles. The Hall–Kier alpha value is -5.71. The molecule has 3 heterocycles. The zero-order valence-electron chi connectivity index (χ0n) is 33.8. The number of carbonyl (C=O) groups excluding carboxylic acids is 6. The number of rotatable bonds is 17. The molecular weight excluding hydrogens is 807 g/mol. The number of esters is 1. The van der Waals surface area contributed by atoms with E-state index in [0.717, 1.165) is 6.42 Å². The zero-order valence-corrected chi connectivity index (χ0v) is 34.7. The Labute approximate surface area is 347 Å². The van der Waals surface area contributed by atoms with E-state index >= 15 is 0 Å². The van der Waals surface area contributed by atoms with Gasteiger partial charge in [0.2, 0.25) is 0 Å². The third-order valence-electron chi connectivity index (χ3n) is 9.83. The van der Waals surface area contributed by atoms with Gasteiger partial charge in [-0.1, -0.05) is 13.3 Å². The number of fused-ring (bicyclic) bond motifs is 1. The molecule has 3 aliphatic rings. The Balaban J connectivity index is 1.45. The minimum absolute atomic E-state index is 0.00212. The number of amides is 3. The van der Waals surface area contributed by atoms with Crippen LogP contribution in [-0.4, -0.2) is 140 Å². The molecule has 3 fully saturated rings. The molecule has 4 atom stereocenters. The average Bonchev–Trinajstić information content (AvgIpc) is 3.75. The number of piperidine rings is 1. The second kappa shape index (κ2) is 22.1. The van der Waals surface area contributed by atoms with Gasteiger partial charge in [0.05, 0.1) is 6.61 Å². The van der Waals surface area contributed by atoms with Crippen molar-refractivity contribution in [3.05, 3.63) is 42.1 Å². The van der Waals surface area contributed by atoms with E-state index in [4.69, 9.17) is 38.1 Å². The maximum atomic E-state index is 14.4. The number of unbranched alkanes of at least 4 members (excludes halogenated alkanes) is 1. The molecule has 1 aromatic carbocycles. The second-order valence-corrected chi connectivity index (χ2v) is 14.2. The van der Waals surface area contributed by atoms with Gasteiger partial charge in [-0.2, -0.15) is 0 Å². The normalized spacial score (nSPS) is 18.9. The number of piperazine rings is 1. The van der Waals surface area contributed by atoms with Crippen molar-refractivity contribution in [2.45, 2.75) is 59.2 Å². The van der Waals surface area contributed by atoms with Crippen molar-refractivity contribution in [1.29, 1.82) is 0 Å². The summed E-state index contributed by atoms with van der Waals surface area (Å²) in [7, 11) is -0.813. The van der Waals surface area contributed by atoms with Gasteiger partial charge in [0.15, 0.2) is 0 Å². The SMILES string of the molecule is CCCCOC(=O)N1CCN(C(=O)[C@H](NC(=O)c2cc(N3CC4C(C3)C4C(=O)OCC)nc(-c3ccccc3)n2)[C@H](C#P=O)OC(OC(=O)OCC)OC(=O)OCC)CC1. The summed E-state index contributed by atoms with van der Waals surface area (Å²) in [6.07, 6.45) is -3.49. The Morgan fingerprint density at radius 1 is 0.833 bits per heavy atom. The van der Waals surface area contributed by atoms with Crippen molar-refractivity contribution < 1.29 is 66.5 Å². The molecule has 0 bridgehead atoms. The number of nitrogens with zero attached hydrogens (tertiary/aromatic N) is 5. The molecule has 0 radical (unpaired) electrons. The van der Waals surface area contributed by atoms with Gasteiger partial charge in [-0.3, -0.25) is 4.79 Å². The quantitative estimate of drug-likeness (QED) is 0.0783. The van der Waals surface area contributed by atoms with E-state index in [1.807, 2.05) is 17.9 Å². The van der Waals surface area contributed by atoms with Crippen molar-refractivity contribution in [2.24, 2.45) is 17.8 Å². The second-order valence-electron chi connectivity index (χ2n) is 13.7. The number of nitrogens with one attached hydrogen (secondary N) is 1. The van der Waals surface area contributed by atoms with E-state index in [-0.39, 0.29) is 87.8 Å². The molecule has 2 unspecified atom stereocenters. The van der Waals surface area contributed by atoms with Gasteiger partial charge in [0.25, 0.3) is 0 Å². The number of benzene rings is 1. The Morgan fingerprint density at radius 2 is 1.45 bits per heavy atom. The summed E-state index contributed by atoms with van der Waals surface area (Å²) in [4.78, 5) is 92.6. The number of aromatic nitrogens is 2. The van der Waals surface area contributed by atoms with Crippen LogP contribution < -0.4 is 10.2 Å². The molecular formula is C39H49N6O14P. The summed E-state index contributed by atoms with van der Waals surface area (Å²) in [5.41, 5.74) is 2.81. The molecule has 60 heavy (non-hydrogen) atoms. The molecule has 1 aliphatic carbocycles. The summed E-state index contributed by atoms with van der Waals surface area (Å²) in [5.74, 6) is -1.44. The fraction of sp³-hybridized carbons (Fsp3) is 0.564. The van der Waals surface area contributed by atoms with Crippen LogP contribution in [0.1, 0.15) is 51.0 Å². The van der Waals surface area contributed by atoms with Crippen molar-refractivity contribution >= 4 is 49.9 Å². The van der Waals surface area contributed by atoms with Crippen molar-refractivity contribution in [3.63, 3.8) is 0 Å². The van der Waals surface area contributed by atoms with Crippen molar-refractivity contribution in [3.8, 4) is 17.0 Å². The molecule has 20 nitrogen and oxygen atoms in total. The minimum atomic E-state index is -2.24. The molecule has 21 heteroatoms. The number of ether oxygens (including phenoxy) is 7. The topological polar surface area (TPSA) is 232 Å². The molecule has 1 aromatic heterocycles. The van der Waals surface area contributed by atoms with Gasteiger partial charge in [0.1, 0.15) is 0 Å². The van der Waals surface area contributed by atoms with E-state index in [1.165, 1.54) is 29.7 Å². The standard InChI is InChI=1S/C39H49N6O14P/c1-5-9-19-56-36(49)44-17-15-43(16-18-44)34(47)31(28(23-60-52)57-39(58-37(50)54-7-3)59-38(51)55-8-4)42-33(46)27-20-29(41-32(40-27)24-13-11-10-12-14-24)45-21-25-26(22-45)30(25)35(48)53-6-2/h10-14,20,25-26,28,30-31,39H,5-9,15-19,21-22H2,1-4H3,(H,42,46)/t25?,26?,28-,30?,31+/m0/s1. The summed E-state index contributed by atoms with van der Waals surface area (Å²) >= 11 is 0. The van der Waals surface area contributed by atoms with Crippen molar-refractivity contribution in [2.75, 3.05) is 70.6 Å². The van der Waals surface area contributed by atoms with Crippen LogP contribution in [0.4, 0.5) is 20.2 Å². The van der Waals surface area contributed by atoms with Gasteiger partial charge in [-0.05, 0) is 6.92 Å². The van der Waals surface area contributed by atoms with Crippen LogP contribution in [0.5, 0.6) is 0 Å². The monoisotopic (exact) mass is 856 g/mol. The molecule has 324 valence electrons. The van der Waals surface area contributed by atoms with Crippen LogP contribution in [0.15, 0.2) is 36.4 Å². The van der Waals surface area contributed by atoms with Crippen LogP contribution in [0.2, 0.25) is 0 Å². The van der Waals surface area contributed by atoms with Crippen LogP contribution in [-0.2, 0) is 47.3 Å². The van der Waals surface area contributed by atoms with Gasteiger partial charge in [-0.15, -0.1) is 0 Å². The van der Waals surface area contributed by atoms with Crippen LogP contribution in [0, 0.1) is 23.4 Å². The molecule has 2 aliphatic heterocycles. The van der Waals surface area contributed by atoms with E-state index in [1.54, 1.807) is 31.2 Å². The fourth-order valence-electron chi connectivity index (χ4n) is 6.81. The summed E-state index contributed by atoms with van der Waals surface area (Å²) in [6.45, 7) is 5.86. The van der Waals surface area contributed by atoms with Crippen LogP contribution >= 0.6 is 7.92 Å². The maximum absolute atomic E-state index is 14.4. The molecule has 0 spiro atoms. The first-order chi connectivity index (χ1) is 29.0. The predicted octanol–water partition coefficient (Wildman–Crippen LogP) is 3.83. The van der Waals surface area contributed by atoms with E-state index in [0.29, 0.717) is 30.9 Å². The van der Waals surface area contributed by atoms with E-state index in [2.05, 4.69) is 15.9 Å². The number of carbonyl (C=O) groups is 6. The van der Waals surface area contributed by atoms with Crippen LogP contribution in [0.3, 0.4) is 0 Å². The fourth-order valence-corrected chi connectivity index (χ4v) is 7.12. The first-order valence-electron chi connectivity index (χ1n) is 19.8. The molecule has 1 saturated carbocycles. The zero-order chi connectivity index (χ0) is 43.2. The number of hydrogen-bond donors (Lipinski definition) is 1. The summed E-state index contributed by atoms with van der Waals surface area (Å²) < 4.78 is 48.0. The van der Waals surface area contributed by atoms with Gasteiger partial charge in [0, 0.05) is 0 Å². The Bertz CT molecular complexity index is 1930. The van der Waals surface area contributed by atoms with Gasteiger partial charge < -0.3 is 4.74 Å². The molecule has 5 rings (SSSR count). The summed E-state index contributed by atoms with van der Waals surface area (Å²) in [5, 5.41) is 2.62. The average molecular weight is 857 g/mol. The van der Waals surface area contributed by atoms with E-state index in [9.17, 15) is 33.3 Å². The molecule has 3 amide bonds. The Kier molecular flexibility index (Phi) is 16.7. The third kappa shape index (κ3) is 11.9. The molecule has 1 N–H and O–H groups in total. The predicted molar refractivity (Wildman–Crippen MR) is 209 cm³/mol. The first kappa shape index (κ1) is 45.4. The van der Waals surface area contributed by atoms with Gasteiger partial charge in [-0.25, -0.2) is 0 Å². The first-order valence-corrected chi connectivity index (χ1v) is 20.6. The third-order valence-corrected chi connectivity index (χ3v) is 10.2. The summed E-state index contributed by atoms with van der Waals surface area (Å²) in [6, 6.07) is 8.57. The van der Waals surface area contributed by atoms with Crippen molar-refractivity contribution in [1.82, 2.24) is 25.1 Å². The number of hydrogen-bond acceptors (Lipinski definition) is 17. The Morgan fingerprint density at radius 3 is 2.03 bits per heavy atom. The van der Waals surface area contributed by atoms with Gasteiger partial charge >= 0.3 is 312 Å². The number of anilines is 1. The molecule has 2 aromatic rings. The van der Waals surface area contributed by atoms with Crippen LogP contribution in [0.25, 0.3) is 11.4 Å². The van der Waals surface area contributed by atoms with E-state index < -0.39 is 56.8 Å².